The molecule has 0 saturated heterocycles. The molecule has 0 aliphatic heterocycles. The van der Waals surface area contributed by atoms with Crippen LogP contribution in [0.5, 0.6) is 0 Å². The third kappa shape index (κ3) is 2.63. The van der Waals surface area contributed by atoms with Gasteiger partial charge in [0.1, 0.15) is 5.78 Å². The first-order chi connectivity index (χ1) is 7.27. The van der Waals surface area contributed by atoms with Gasteiger partial charge in [-0.2, -0.15) is 0 Å². The normalized spacial score (nSPS) is 26.6. The fourth-order valence-electron chi connectivity index (χ4n) is 1.99. The highest BCUT2D eigenvalue weighted by molar-refractivity contribution is 8.00. The highest BCUT2D eigenvalue weighted by Crippen LogP contribution is 2.33. The maximum absolute atomic E-state index is 11.9. The number of hydrogen-bond acceptors (Lipinski definition) is 2. The van der Waals surface area contributed by atoms with Crippen molar-refractivity contribution in [2.45, 2.75) is 36.3 Å². The lowest BCUT2D eigenvalue weighted by Crippen LogP contribution is -2.28. The summed E-state index contributed by atoms with van der Waals surface area (Å²) in [6.07, 6.45) is 3.31. The second-order valence-electron chi connectivity index (χ2n) is 4.15. The number of Topliss-reactive ketones (excluding diaryl/α,β-unsaturated/α-hetero) is 1. The largest absolute Gasteiger partial charge is 0.298 e. The zero-order valence-electron chi connectivity index (χ0n) is 8.98. The first-order valence-corrected chi connectivity index (χ1v) is 6.41. The smallest absolute Gasteiger partial charge is 0.148 e. The molecular weight excluding hydrogens is 204 g/mol. The number of rotatable bonds is 2. The van der Waals surface area contributed by atoms with E-state index in [1.54, 1.807) is 11.8 Å². The molecule has 1 aromatic rings. The second-order valence-corrected chi connectivity index (χ2v) is 5.43. The van der Waals surface area contributed by atoms with Gasteiger partial charge in [-0.3, -0.25) is 4.79 Å². The number of benzene rings is 1. The van der Waals surface area contributed by atoms with E-state index in [1.807, 2.05) is 18.2 Å². The van der Waals surface area contributed by atoms with Gasteiger partial charge in [0.2, 0.25) is 0 Å². The Morgan fingerprint density at radius 1 is 1.20 bits per heavy atom. The molecule has 1 nitrogen and oxygen atoms in total. The highest BCUT2D eigenvalue weighted by atomic mass is 32.2. The molecule has 1 aromatic carbocycles. The molecule has 0 radical (unpaired) electrons. The van der Waals surface area contributed by atoms with Gasteiger partial charge in [0.15, 0.2) is 0 Å². The van der Waals surface area contributed by atoms with Crippen LogP contribution in [-0.2, 0) is 4.79 Å². The van der Waals surface area contributed by atoms with Crippen molar-refractivity contribution in [3.05, 3.63) is 30.3 Å². The van der Waals surface area contributed by atoms with Gasteiger partial charge in [0, 0.05) is 10.8 Å². The van der Waals surface area contributed by atoms with E-state index in [4.69, 9.17) is 0 Å². The van der Waals surface area contributed by atoms with Crippen LogP contribution in [0.4, 0.5) is 0 Å². The zero-order chi connectivity index (χ0) is 10.7. The number of thioether (sulfide) groups is 1. The summed E-state index contributed by atoms with van der Waals surface area (Å²) in [4.78, 5) is 13.1. The van der Waals surface area contributed by atoms with Crippen molar-refractivity contribution in [1.29, 1.82) is 0 Å². The summed E-state index contributed by atoms with van der Waals surface area (Å²) in [5.74, 6) is 0.704. The Bertz CT molecular complexity index is 334. The molecule has 0 spiro atoms. The fourth-order valence-corrected chi connectivity index (χ4v) is 3.27. The van der Waals surface area contributed by atoms with E-state index < -0.39 is 0 Å². The van der Waals surface area contributed by atoms with Crippen LogP contribution < -0.4 is 0 Å². The lowest BCUT2D eigenvalue weighted by Gasteiger charge is -2.24. The van der Waals surface area contributed by atoms with E-state index in [9.17, 15) is 4.79 Å². The SMILES string of the molecule is C[C@H]1CCC[C@@H](Sc2ccccc2)C1=O. The Labute approximate surface area is 95.3 Å². The lowest BCUT2D eigenvalue weighted by atomic mass is 9.89. The van der Waals surface area contributed by atoms with E-state index in [0.29, 0.717) is 5.78 Å². The summed E-state index contributed by atoms with van der Waals surface area (Å²) in [7, 11) is 0. The molecule has 0 amide bonds. The van der Waals surface area contributed by atoms with Crippen LogP contribution in [0.15, 0.2) is 35.2 Å². The Balaban J connectivity index is 2.03. The van der Waals surface area contributed by atoms with E-state index in [1.165, 1.54) is 11.3 Å². The summed E-state index contributed by atoms with van der Waals surface area (Å²) in [5, 5.41) is 0.191. The highest BCUT2D eigenvalue weighted by Gasteiger charge is 2.28. The van der Waals surface area contributed by atoms with E-state index in [0.717, 1.165) is 12.8 Å². The molecule has 0 unspecified atom stereocenters. The first kappa shape index (κ1) is 10.7. The zero-order valence-corrected chi connectivity index (χ0v) is 9.80. The molecule has 80 valence electrons. The van der Waals surface area contributed by atoms with Gasteiger partial charge in [-0.1, -0.05) is 31.5 Å². The maximum Gasteiger partial charge on any atom is 0.148 e. The summed E-state index contributed by atoms with van der Waals surface area (Å²) < 4.78 is 0. The molecule has 0 N–H and O–H groups in total. The molecule has 0 aromatic heterocycles. The van der Waals surface area contributed by atoms with Crippen LogP contribution in [0.1, 0.15) is 26.2 Å². The van der Waals surface area contributed by atoms with E-state index in [2.05, 4.69) is 19.1 Å². The molecule has 2 rings (SSSR count). The third-order valence-electron chi connectivity index (χ3n) is 2.93. The Morgan fingerprint density at radius 3 is 2.67 bits per heavy atom. The van der Waals surface area contributed by atoms with Gasteiger partial charge in [-0.15, -0.1) is 11.8 Å². The molecule has 1 fully saturated rings. The first-order valence-electron chi connectivity index (χ1n) is 5.53. The van der Waals surface area contributed by atoms with Crippen molar-refractivity contribution in [2.24, 2.45) is 5.92 Å². The van der Waals surface area contributed by atoms with Crippen LogP contribution in [0.3, 0.4) is 0 Å². The maximum atomic E-state index is 11.9. The van der Waals surface area contributed by atoms with Crippen molar-refractivity contribution in [3.63, 3.8) is 0 Å². The van der Waals surface area contributed by atoms with E-state index >= 15 is 0 Å². The predicted molar refractivity (Wildman–Crippen MR) is 64.1 cm³/mol. The summed E-state index contributed by atoms with van der Waals surface area (Å²) in [6, 6.07) is 10.2. The Hall–Kier alpha value is -0.760. The van der Waals surface area contributed by atoms with Gasteiger partial charge < -0.3 is 0 Å². The molecule has 1 saturated carbocycles. The van der Waals surface area contributed by atoms with Crippen molar-refractivity contribution in [2.75, 3.05) is 0 Å². The van der Waals surface area contributed by atoms with Gasteiger partial charge in [0.25, 0.3) is 0 Å². The number of ketones is 1. The van der Waals surface area contributed by atoms with Gasteiger partial charge >= 0.3 is 0 Å². The quantitative estimate of drug-likeness (QED) is 0.758. The average Bonchev–Trinajstić information content (AvgIpc) is 2.26. The van der Waals surface area contributed by atoms with Gasteiger partial charge in [0.05, 0.1) is 5.25 Å². The topological polar surface area (TPSA) is 17.1 Å². The van der Waals surface area contributed by atoms with Gasteiger partial charge in [-0.05, 0) is 25.0 Å². The van der Waals surface area contributed by atoms with Crippen LogP contribution in [0.25, 0.3) is 0 Å². The van der Waals surface area contributed by atoms with Crippen molar-refractivity contribution in [3.8, 4) is 0 Å². The molecular formula is C13H16OS. The Morgan fingerprint density at radius 2 is 1.93 bits per heavy atom. The molecule has 15 heavy (non-hydrogen) atoms. The molecule has 0 bridgehead atoms. The fraction of sp³-hybridized carbons (Fsp3) is 0.462. The molecule has 0 heterocycles. The van der Waals surface area contributed by atoms with Crippen molar-refractivity contribution < 1.29 is 4.79 Å². The van der Waals surface area contributed by atoms with Gasteiger partial charge in [-0.25, -0.2) is 0 Å². The monoisotopic (exact) mass is 220 g/mol. The predicted octanol–water partition coefficient (Wildman–Crippen LogP) is 3.54. The minimum Gasteiger partial charge on any atom is -0.298 e. The average molecular weight is 220 g/mol. The molecule has 1 aliphatic rings. The second kappa shape index (κ2) is 4.84. The number of carbonyl (C=O) groups excluding carboxylic acids is 1. The molecule has 2 atom stereocenters. The minimum absolute atomic E-state index is 0.191. The Kier molecular flexibility index (Phi) is 3.47. The van der Waals surface area contributed by atoms with Crippen LogP contribution in [0, 0.1) is 5.92 Å². The number of hydrogen-bond donors (Lipinski definition) is 0. The van der Waals surface area contributed by atoms with Crippen molar-refractivity contribution in [1.82, 2.24) is 0 Å². The van der Waals surface area contributed by atoms with Crippen LogP contribution in [0.2, 0.25) is 0 Å². The van der Waals surface area contributed by atoms with Crippen LogP contribution >= 0.6 is 11.8 Å². The summed E-state index contributed by atoms with van der Waals surface area (Å²) >= 11 is 1.73. The summed E-state index contributed by atoms with van der Waals surface area (Å²) in [6.45, 7) is 2.06. The van der Waals surface area contributed by atoms with Crippen molar-refractivity contribution >= 4 is 17.5 Å². The number of carbonyl (C=O) groups is 1. The third-order valence-corrected chi connectivity index (χ3v) is 4.22. The summed E-state index contributed by atoms with van der Waals surface area (Å²) in [5.41, 5.74) is 0. The molecule has 1 aliphatic carbocycles. The lowest BCUT2D eigenvalue weighted by molar-refractivity contribution is -0.123. The standard InChI is InChI=1S/C13H16OS/c1-10-6-5-9-12(13(10)14)15-11-7-3-2-4-8-11/h2-4,7-8,10,12H,5-6,9H2,1H3/t10-,12+/m0/s1. The minimum atomic E-state index is 0.191. The molecule has 2 heteroatoms. The van der Waals surface area contributed by atoms with Crippen LogP contribution in [-0.4, -0.2) is 11.0 Å². The van der Waals surface area contributed by atoms with E-state index in [-0.39, 0.29) is 11.2 Å².